The lowest BCUT2D eigenvalue weighted by Crippen LogP contribution is -2.53. The van der Waals surface area contributed by atoms with Crippen LogP contribution in [0.4, 0.5) is 9.59 Å². The molecule has 3 amide bonds. The Balaban J connectivity index is 0.000000303. The summed E-state index contributed by atoms with van der Waals surface area (Å²) in [6.07, 6.45) is 0.975. The third kappa shape index (κ3) is 19.4. The molecule has 0 spiro atoms. The van der Waals surface area contributed by atoms with Gasteiger partial charge >= 0.3 is 12.1 Å². The molecule has 0 bridgehead atoms. The third-order valence-electron chi connectivity index (χ3n) is 11.2. The van der Waals surface area contributed by atoms with Crippen molar-refractivity contribution >= 4 is 32.2 Å². The van der Waals surface area contributed by atoms with Crippen molar-refractivity contribution in [3.8, 4) is 23.0 Å². The first-order chi connectivity index (χ1) is 32.7. The van der Waals surface area contributed by atoms with E-state index in [9.17, 15) is 26.4 Å². The zero-order valence-electron chi connectivity index (χ0n) is 41.5. The topological polar surface area (TPSA) is 194 Å². The zero-order valence-corrected chi connectivity index (χ0v) is 43.2. The van der Waals surface area contributed by atoms with Gasteiger partial charge in [0.15, 0.2) is 0 Å². The van der Waals surface area contributed by atoms with Crippen molar-refractivity contribution < 1.29 is 50.1 Å². The van der Waals surface area contributed by atoms with Gasteiger partial charge in [-0.15, -0.1) is 0 Å². The molecule has 1 aliphatic rings. The largest absolute Gasteiger partial charge is 0.497 e. The Hall–Kier alpha value is -5.60. The predicted octanol–water partition coefficient (Wildman–Crippen LogP) is 6.77. The fourth-order valence-corrected chi connectivity index (χ4v) is 9.83. The van der Waals surface area contributed by atoms with Gasteiger partial charge in [-0.1, -0.05) is 48.5 Å². The molecule has 17 nitrogen and oxygen atoms in total. The number of nitrogens with zero attached hydrogens (tertiary/aromatic N) is 3. The SMILES string of the molecule is COc1ccc(CN(Cc2ccc(OC)cc2)S(=O)(=O)CCN2C(=O)NCC[C@H]2C)cc1.COc1ccc(CN(Cc2ccc(OC)cc2)S(=O)(=O)CCN[C@H](C)CCNC(=O)OC(C)(C)C)cc1. The number of carbonyl (C=O) groups excluding carboxylic acids is 2. The Morgan fingerprint density at radius 2 is 1.04 bits per heavy atom. The summed E-state index contributed by atoms with van der Waals surface area (Å²) in [6, 6.07) is 29.3. The molecule has 0 aromatic heterocycles. The Labute approximate surface area is 409 Å². The highest BCUT2D eigenvalue weighted by Gasteiger charge is 2.29. The van der Waals surface area contributed by atoms with E-state index in [4.69, 9.17) is 23.7 Å². The molecule has 4 aromatic carbocycles. The second-order valence-corrected chi connectivity index (χ2v) is 21.9. The Morgan fingerprint density at radius 3 is 1.39 bits per heavy atom. The van der Waals surface area contributed by atoms with E-state index in [1.54, 1.807) is 33.3 Å². The summed E-state index contributed by atoms with van der Waals surface area (Å²) < 4.78 is 82.5. The lowest BCUT2D eigenvalue weighted by molar-refractivity contribution is 0.0526. The fourth-order valence-electron chi connectivity index (χ4n) is 7.12. The summed E-state index contributed by atoms with van der Waals surface area (Å²) in [4.78, 5) is 25.6. The first-order valence-corrected chi connectivity index (χ1v) is 26.2. The van der Waals surface area contributed by atoms with Crippen molar-refractivity contribution in [2.24, 2.45) is 0 Å². The number of ether oxygens (including phenoxy) is 5. The van der Waals surface area contributed by atoms with E-state index in [0.717, 1.165) is 28.7 Å². The summed E-state index contributed by atoms with van der Waals surface area (Å²) in [5.41, 5.74) is 2.89. The third-order valence-corrected chi connectivity index (χ3v) is 14.7. The molecule has 19 heteroatoms. The van der Waals surface area contributed by atoms with Gasteiger partial charge in [-0.2, -0.15) is 8.61 Å². The van der Waals surface area contributed by atoms with Gasteiger partial charge in [0.1, 0.15) is 28.6 Å². The van der Waals surface area contributed by atoms with Crippen LogP contribution < -0.4 is 34.9 Å². The standard InChI is InChI=1S/C27H41N3O6S.C23H31N3O5S/c1-21(15-16-29-26(31)36-27(2,3)4)28-17-18-37(32,33)30(19-22-7-11-24(34-5)12-8-22)20-23-9-13-25(35-6)14-10-23;1-18-12-13-24-23(27)26(18)14-15-32(28,29)25(16-19-4-8-21(30-2)9-5-19)17-20-6-10-22(31-3)11-7-20/h7-14,21,28H,15-20H2,1-6H3,(H,29,31);4-11,18H,12-17H2,1-3H3,(H,24,27)/t21-;18-/m11/s1. The van der Waals surface area contributed by atoms with Crippen LogP contribution in [-0.4, -0.2) is 126 Å². The van der Waals surface area contributed by atoms with Crippen molar-refractivity contribution in [2.45, 2.75) is 91.3 Å². The average Bonchev–Trinajstić information content (AvgIpc) is 3.31. The Morgan fingerprint density at radius 1 is 0.667 bits per heavy atom. The summed E-state index contributed by atoms with van der Waals surface area (Å²) in [7, 11) is -0.859. The number of nitrogens with one attached hydrogen (secondary N) is 3. The van der Waals surface area contributed by atoms with Crippen LogP contribution in [0.5, 0.6) is 23.0 Å². The molecule has 3 N–H and O–H groups in total. The van der Waals surface area contributed by atoms with E-state index in [0.29, 0.717) is 42.5 Å². The quantitative estimate of drug-likeness (QED) is 0.0668. The monoisotopic (exact) mass is 996 g/mol. The maximum atomic E-state index is 13.4. The van der Waals surface area contributed by atoms with Crippen LogP contribution in [0.1, 0.15) is 69.7 Å². The lowest BCUT2D eigenvalue weighted by Gasteiger charge is -2.34. The Bertz CT molecular complexity index is 2300. The number of methoxy groups -OCH3 is 4. The molecule has 0 saturated carbocycles. The number of urea groups is 1. The smallest absolute Gasteiger partial charge is 0.407 e. The van der Waals surface area contributed by atoms with Gasteiger partial charge in [-0.3, -0.25) is 0 Å². The Kier molecular flexibility index (Phi) is 21.9. The predicted molar refractivity (Wildman–Crippen MR) is 269 cm³/mol. The van der Waals surface area contributed by atoms with Gasteiger partial charge in [0, 0.05) is 64.4 Å². The van der Waals surface area contributed by atoms with Crippen LogP contribution in [0, 0.1) is 0 Å². The van der Waals surface area contributed by atoms with Crippen molar-refractivity contribution in [2.75, 3.05) is 66.1 Å². The molecule has 380 valence electrons. The van der Waals surface area contributed by atoms with Crippen molar-refractivity contribution in [1.29, 1.82) is 0 Å². The second-order valence-electron chi connectivity index (χ2n) is 17.7. The number of hydrogen-bond donors (Lipinski definition) is 3. The van der Waals surface area contributed by atoms with Gasteiger partial charge in [0.25, 0.3) is 0 Å². The molecule has 2 atom stereocenters. The molecule has 1 fully saturated rings. The van der Waals surface area contributed by atoms with Crippen LogP contribution in [0.3, 0.4) is 0 Å². The van der Waals surface area contributed by atoms with E-state index in [1.165, 1.54) is 8.61 Å². The maximum Gasteiger partial charge on any atom is 0.407 e. The van der Waals surface area contributed by atoms with E-state index >= 15 is 0 Å². The highest BCUT2D eigenvalue weighted by Crippen LogP contribution is 2.22. The number of carbonyl (C=O) groups is 2. The van der Waals surface area contributed by atoms with Crippen molar-refractivity contribution in [3.05, 3.63) is 119 Å². The molecular weight excluding hydrogens is 925 g/mol. The molecule has 1 heterocycles. The molecule has 0 radical (unpaired) electrons. The van der Waals surface area contributed by atoms with E-state index in [2.05, 4.69) is 16.0 Å². The highest BCUT2D eigenvalue weighted by atomic mass is 32.2. The normalized spacial score (nSPS) is 14.6. The van der Waals surface area contributed by atoms with E-state index in [-0.39, 0.29) is 68.9 Å². The number of hydrogen-bond acceptors (Lipinski definition) is 12. The van der Waals surface area contributed by atoms with Crippen molar-refractivity contribution in [3.63, 3.8) is 0 Å². The van der Waals surface area contributed by atoms with E-state index < -0.39 is 31.7 Å². The molecule has 4 aromatic rings. The molecule has 5 rings (SSSR count). The molecule has 1 aliphatic heterocycles. The minimum atomic E-state index is -3.65. The highest BCUT2D eigenvalue weighted by molar-refractivity contribution is 7.89. The molecule has 0 unspecified atom stereocenters. The van der Waals surface area contributed by atoms with Gasteiger partial charge in [-0.05, 0) is 118 Å². The summed E-state index contributed by atoms with van der Waals surface area (Å²) in [5.74, 6) is 2.66. The number of benzene rings is 4. The minimum absolute atomic E-state index is 0.00979. The van der Waals surface area contributed by atoms with Crippen LogP contribution in [0.25, 0.3) is 0 Å². The van der Waals surface area contributed by atoms with Crippen LogP contribution in [0.15, 0.2) is 97.1 Å². The number of amides is 3. The van der Waals surface area contributed by atoms with Gasteiger partial charge < -0.3 is 44.5 Å². The van der Waals surface area contributed by atoms with Crippen LogP contribution in [-0.2, 0) is 51.0 Å². The molecule has 69 heavy (non-hydrogen) atoms. The fraction of sp³-hybridized carbons (Fsp3) is 0.480. The number of sulfonamides is 2. The zero-order chi connectivity index (χ0) is 50.6. The van der Waals surface area contributed by atoms with Crippen LogP contribution >= 0.6 is 0 Å². The number of rotatable bonds is 24. The van der Waals surface area contributed by atoms with Gasteiger partial charge in [0.05, 0.1) is 39.9 Å². The van der Waals surface area contributed by atoms with Crippen molar-refractivity contribution in [1.82, 2.24) is 29.5 Å². The molecule has 0 aliphatic carbocycles. The number of alkyl carbamates (subject to hydrolysis) is 1. The summed E-state index contributed by atoms with van der Waals surface area (Å²) in [5, 5.41) is 8.75. The average molecular weight is 997 g/mol. The minimum Gasteiger partial charge on any atom is -0.497 e. The van der Waals surface area contributed by atoms with Gasteiger partial charge in [-0.25, -0.2) is 26.4 Å². The molecule has 1 saturated heterocycles. The van der Waals surface area contributed by atoms with E-state index in [1.807, 2.05) is 132 Å². The summed E-state index contributed by atoms with van der Waals surface area (Å²) >= 11 is 0. The summed E-state index contributed by atoms with van der Waals surface area (Å²) in [6.45, 7) is 11.7. The van der Waals surface area contributed by atoms with Crippen LogP contribution in [0.2, 0.25) is 0 Å². The first kappa shape index (κ1) is 56.0. The molecular formula is C50H72N6O11S2. The lowest BCUT2D eigenvalue weighted by atomic mass is 10.2. The second kappa shape index (κ2) is 27.0. The maximum absolute atomic E-state index is 13.4. The first-order valence-electron chi connectivity index (χ1n) is 23.0. The van der Waals surface area contributed by atoms with Gasteiger partial charge in [0.2, 0.25) is 20.0 Å².